The molecule has 0 aliphatic carbocycles. The number of benzene rings is 1. The van der Waals surface area contributed by atoms with Crippen molar-refractivity contribution in [2.75, 3.05) is 0 Å². The number of phenols is 1. The summed E-state index contributed by atoms with van der Waals surface area (Å²) < 4.78 is 13.6. The third kappa shape index (κ3) is 2.96. The largest absolute Gasteiger partial charge is 0.505 e. The van der Waals surface area contributed by atoms with Gasteiger partial charge in [-0.3, -0.25) is 0 Å². The number of hydrogen-bond acceptors (Lipinski definition) is 2. The fourth-order valence-corrected chi connectivity index (χ4v) is 1.70. The average Bonchev–Trinajstić information content (AvgIpc) is 1.96. The van der Waals surface area contributed by atoms with Crippen molar-refractivity contribution in [3.63, 3.8) is 0 Å². The molecule has 0 aliphatic rings. The van der Waals surface area contributed by atoms with Crippen LogP contribution in [0.2, 0.25) is 0 Å². The highest BCUT2D eigenvalue weighted by Gasteiger charge is 2.18. The van der Waals surface area contributed by atoms with Gasteiger partial charge in [-0.25, -0.2) is 4.39 Å². The lowest BCUT2D eigenvalue weighted by Crippen LogP contribution is -2.22. The third-order valence-corrected chi connectivity index (χ3v) is 2.19. The van der Waals surface area contributed by atoms with Crippen molar-refractivity contribution >= 4 is 15.9 Å². The van der Waals surface area contributed by atoms with Crippen molar-refractivity contribution in [2.24, 2.45) is 0 Å². The average molecular weight is 263 g/mol. The molecule has 2 N–H and O–H groups in total. The first kappa shape index (κ1) is 11.5. The molecule has 0 amide bonds. The van der Waals surface area contributed by atoms with Gasteiger partial charge in [0.05, 0.1) is 5.60 Å². The molecular formula is C10H12BrFO2. The molecule has 1 aromatic carbocycles. The quantitative estimate of drug-likeness (QED) is 0.861. The lowest BCUT2D eigenvalue weighted by molar-refractivity contribution is 0.0801. The summed E-state index contributed by atoms with van der Waals surface area (Å²) in [5, 5.41) is 18.9. The normalized spacial score (nSPS) is 11.8. The van der Waals surface area contributed by atoms with Crippen LogP contribution in [-0.4, -0.2) is 15.8 Å². The molecule has 0 atom stereocenters. The molecule has 78 valence electrons. The van der Waals surface area contributed by atoms with E-state index in [1.165, 1.54) is 6.07 Å². The van der Waals surface area contributed by atoms with Gasteiger partial charge in [0.25, 0.3) is 0 Å². The maximum Gasteiger partial charge on any atom is 0.166 e. The molecule has 4 heteroatoms. The summed E-state index contributed by atoms with van der Waals surface area (Å²) in [7, 11) is 0. The van der Waals surface area contributed by atoms with Gasteiger partial charge in [0.15, 0.2) is 11.6 Å². The van der Waals surface area contributed by atoms with E-state index in [2.05, 4.69) is 15.9 Å². The Hall–Kier alpha value is -0.610. The predicted octanol–water partition coefficient (Wildman–Crippen LogP) is 2.61. The van der Waals surface area contributed by atoms with Crippen molar-refractivity contribution < 1.29 is 14.6 Å². The molecule has 0 bridgehead atoms. The van der Waals surface area contributed by atoms with E-state index in [9.17, 15) is 14.6 Å². The molecule has 0 saturated heterocycles. The van der Waals surface area contributed by atoms with Crippen molar-refractivity contribution in [2.45, 2.75) is 25.9 Å². The monoisotopic (exact) mass is 262 g/mol. The number of halogens is 2. The molecule has 0 aliphatic heterocycles. The van der Waals surface area contributed by atoms with E-state index in [1.54, 1.807) is 19.9 Å². The number of aromatic hydroxyl groups is 1. The molecule has 0 radical (unpaired) electrons. The standard InChI is InChI=1S/C10H12BrFO2/c1-10(2,14)5-6-3-7(11)4-8(12)9(6)13/h3-4,13-14H,5H2,1-2H3. The van der Waals surface area contributed by atoms with E-state index < -0.39 is 17.2 Å². The summed E-state index contributed by atoms with van der Waals surface area (Å²) in [6.07, 6.45) is 0.204. The van der Waals surface area contributed by atoms with Crippen LogP contribution in [0.15, 0.2) is 16.6 Å². The Morgan fingerprint density at radius 2 is 2.00 bits per heavy atom. The van der Waals surface area contributed by atoms with Crippen LogP contribution in [0, 0.1) is 5.82 Å². The minimum Gasteiger partial charge on any atom is -0.505 e. The van der Waals surface area contributed by atoms with Gasteiger partial charge >= 0.3 is 0 Å². The molecule has 2 nitrogen and oxygen atoms in total. The van der Waals surface area contributed by atoms with Gasteiger partial charge in [0, 0.05) is 16.5 Å². The van der Waals surface area contributed by atoms with Crippen molar-refractivity contribution in [3.8, 4) is 5.75 Å². The van der Waals surface area contributed by atoms with Crippen LogP contribution >= 0.6 is 15.9 Å². The lowest BCUT2D eigenvalue weighted by Gasteiger charge is -2.18. The van der Waals surface area contributed by atoms with Crippen molar-refractivity contribution in [1.29, 1.82) is 0 Å². The van der Waals surface area contributed by atoms with E-state index in [0.717, 1.165) is 0 Å². The van der Waals surface area contributed by atoms with Crippen LogP contribution < -0.4 is 0 Å². The maximum absolute atomic E-state index is 13.1. The first-order valence-electron chi connectivity index (χ1n) is 4.19. The maximum atomic E-state index is 13.1. The highest BCUT2D eigenvalue weighted by molar-refractivity contribution is 9.10. The Morgan fingerprint density at radius 3 is 2.50 bits per heavy atom. The molecule has 0 heterocycles. The summed E-state index contributed by atoms with van der Waals surface area (Å²) in [6, 6.07) is 2.78. The topological polar surface area (TPSA) is 40.5 Å². The van der Waals surface area contributed by atoms with E-state index >= 15 is 0 Å². The minimum atomic E-state index is -0.968. The van der Waals surface area contributed by atoms with E-state index in [0.29, 0.717) is 10.0 Å². The summed E-state index contributed by atoms with van der Waals surface area (Å²) in [5.74, 6) is -1.08. The zero-order valence-corrected chi connectivity index (χ0v) is 9.60. The summed E-state index contributed by atoms with van der Waals surface area (Å²) in [5.41, 5.74) is -0.575. The van der Waals surface area contributed by atoms with Gasteiger partial charge in [-0.15, -0.1) is 0 Å². The van der Waals surface area contributed by atoms with E-state index in [-0.39, 0.29) is 6.42 Å². The summed E-state index contributed by atoms with van der Waals surface area (Å²) >= 11 is 3.12. The zero-order chi connectivity index (χ0) is 10.9. The second kappa shape index (κ2) is 3.87. The van der Waals surface area contributed by atoms with E-state index in [1.807, 2.05) is 0 Å². The van der Waals surface area contributed by atoms with Gasteiger partial charge in [0.2, 0.25) is 0 Å². The molecule has 0 unspecified atom stereocenters. The first-order chi connectivity index (χ1) is 6.29. The van der Waals surface area contributed by atoms with Gasteiger partial charge in [-0.05, 0) is 26.0 Å². The van der Waals surface area contributed by atoms with Crippen molar-refractivity contribution in [3.05, 3.63) is 28.0 Å². The summed E-state index contributed by atoms with van der Waals surface area (Å²) in [4.78, 5) is 0. The molecular weight excluding hydrogens is 251 g/mol. The highest BCUT2D eigenvalue weighted by atomic mass is 79.9. The Balaban J connectivity index is 3.09. The van der Waals surface area contributed by atoms with Crippen LogP contribution in [0.4, 0.5) is 4.39 Å². The molecule has 14 heavy (non-hydrogen) atoms. The zero-order valence-electron chi connectivity index (χ0n) is 8.01. The fraction of sp³-hybridized carbons (Fsp3) is 0.400. The lowest BCUT2D eigenvalue weighted by atomic mass is 9.98. The van der Waals surface area contributed by atoms with Gasteiger partial charge in [-0.2, -0.15) is 0 Å². The molecule has 1 aromatic rings. The Labute approximate surface area is 90.5 Å². The molecule has 0 fully saturated rings. The van der Waals surface area contributed by atoms with Crippen LogP contribution in [0.1, 0.15) is 19.4 Å². The van der Waals surface area contributed by atoms with Crippen LogP contribution in [0.25, 0.3) is 0 Å². The second-order valence-electron chi connectivity index (χ2n) is 3.88. The smallest absolute Gasteiger partial charge is 0.166 e. The van der Waals surface area contributed by atoms with Gasteiger partial charge in [0.1, 0.15) is 0 Å². The first-order valence-corrected chi connectivity index (χ1v) is 4.98. The van der Waals surface area contributed by atoms with Crippen LogP contribution in [-0.2, 0) is 6.42 Å². The molecule has 0 saturated carbocycles. The summed E-state index contributed by atoms with van der Waals surface area (Å²) in [6.45, 7) is 3.20. The highest BCUT2D eigenvalue weighted by Crippen LogP contribution is 2.28. The number of aliphatic hydroxyl groups is 1. The Bertz CT molecular complexity index is 345. The predicted molar refractivity (Wildman–Crippen MR) is 55.8 cm³/mol. The third-order valence-electron chi connectivity index (χ3n) is 1.73. The second-order valence-corrected chi connectivity index (χ2v) is 4.80. The Kier molecular flexibility index (Phi) is 3.17. The van der Waals surface area contributed by atoms with Gasteiger partial charge in [-0.1, -0.05) is 15.9 Å². The van der Waals surface area contributed by atoms with Crippen LogP contribution in [0.3, 0.4) is 0 Å². The van der Waals surface area contributed by atoms with E-state index in [4.69, 9.17) is 0 Å². The SMILES string of the molecule is CC(C)(O)Cc1cc(Br)cc(F)c1O. The molecule has 0 spiro atoms. The number of hydrogen-bond donors (Lipinski definition) is 2. The van der Waals surface area contributed by atoms with Crippen molar-refractivity contribution in [1.82, 2.24) is 0 Å². The molecule has 1 rings (SSSR count). The fourth-order valence-electron chi connectivity index (χ4n) is 1.22. The van der Waals surface area contributed by atoms with Crippen LogP contribution in [0.5, 0.6) is 5.75 Å². The van der Waals surface area contributed by atoms with Gasteiger partial charge < -0.3 is 10.2 Å². The number of phenolic OH excluding ortho intramolecular Hbond substituents is 1. The minimum absolute atomic E-state index is 0.204. The molecule has 0 aromatic heterocycles. The Morgan fingerprint density at radius 1 is 1.43 bits per heavy atom. The number of rotatable bonds is 2.